The molecule has 0 fully saturated rings. The zero-order valence-electron chi connectivity index (χ0n) is 14.9. The second-order valence-corrected chi connectivity index (χ2v) is 8.06. The summed E-state index contributed by atoms with van der Waals surface area (Å²) in [6, 6.07) is 15.6. The summed E-state index contributed by atoms with van der Waals surface area (Å²) < 4.78 is 3.79. The molecule has 5 aromatic rings. The minimum atomic E-state index is 0.273. The highest BCUT2D eigenvalue weighted by atomic mass is 32.2. The first-order valence-electron chi connectivity index (χ1n) is 8.60. The molecule has 0 saturated carbocycles. The zero-order valence-corrected chi connectivity index (χ0v) is 16.5. The summed E-state index contributed by atoms with van der Waals surface area (Å²) in [7, 11) is 0. The molecule has 5 rings (SSSR count). The molecule has 0 aliphatic carbocycles. The average molecular weight is 409 g/mol. The number of aromatic hydroxyl groups is 1. The van der Waals surface area contributed by atoms with Crippen molar-refractivity contribution in [2.24, 2.45) is 0 Å². The Morgan fingerprint density at radius 3 is 2.93 bits per heavy atom. The van der Waals surface area contributed by atoms with Crippen LogP contribution >= 0.6 is 23.1 Å². The quantitative estimate of drug-likeness (QED) is 0.421. The molecule has 0 amide bonds. The standard InChI is InChI=1S/C19H16N6OS2/c1-27-13-5-2-4-12(10-13)20-18-23-25-17(21-22-19(25)28-18)11-24-9-8-14-15(24)6-3-7-16(14)26/h2-10,26H,11H2,1H3,(H,20,23). The molecule has 0 spiro atoms. The van der Waals surface area contributed by atoms with Gasteiger partial charge >= 0.3 is 0 Å². The van der Waals surface area contributed by atoms with Gasteiger partial charge in [0.1, 0.15) is 5.75 Å². The SMILES string of the molecule is CSc1cccc(Nc2nn3c(Cn4ccc5c(O)cccc54)nnc3s2)c1. The average Bonchev–Trinajstić information content (AvgIpc) is 3.39. The number of nitrogens with one attached hydrogen (secondary N) is 1. The first-order chi connectivity index (χ1) is 13.7. The molecule has 2 aromatic carbocycles. The van der Waals surface area contributed by atoms with E-state index in [0.717, 1.165) is 32.5 Å². The van der Waals surface area contributed by atoms with Crippen LogP contribution in [-0.2, 0) is 6.54 Å². The molecule has 28 heavy (non-hydrogen) atoms. The Balaban J connectivity index is 1.45. The van der Waals surface area contributed by atoms with E-state index in [4.69, 9.17) is 0 Å². The molecule has 0 bridgehead atoms. The van der Waals surface area contributed by atoms with Gasteiger partial charge in [0.2, 0.25) is 10.1 Å². The third-order valence-electron chi connectivity index (χ3n) is 4.48. The number of phenolic OH excluding ortho intramolecular Hbond substituents is 1. The fourth-order valence-corrected chi connectivity index (χ4v) is 4.37. The number of hydrogen-bond acceptors (Lipinski definition) is 7. The summed E-state index contributed by atoms with van der Waals surface area (Å²) in [5.41, 5.74) is 1.93. The lowest BCUT2D eigenvalue weighted by molar-refractivity contribution is 0.481. The van der Waals surface area contributed by atoms with Crippen LogP contribution in [-0.4, -0.2) is 35.7 Å². The zero-order chi connectivity index (χ0) is 19.1. The number of hydrogen-bond donors (Lipinski definition) is 2. The summed E-state index contributed by atoms with van der Waals surface area (Å²) >= 11 is 3.16. The molecule has 9 heteroatoms. The second kappa shape index (κ2) is 6.84. The maximum Gasteiger partial charge on any atom is 0.236 e. The molecular formula is C19H16N6OS2. The Morgan fingerprint density at radius 2 is 2.04 bits per heavy atom. The van der Waals surface area contributed by atoms with E-state index in [1.807, 2.05) is 41.1 Å². The normalized spacial score (nSPS) is 11.5. The van der Waals surface area contributed by atoms with Gasteiger partial charge in [-0.15, -0.1) is 27.1 Å². The molecule has 0 atom stereocenters. The largest absolute Gasteiger partial charge is 0.507 e. The number of fused-ring (bicyclic) bond motifs is 2. The third-order valence-corrected chi connectivity index (χ3v) is 6.02. The van der Waals surface area contributed by atoms with Crippen molar-refractivity contribution < 1.29 is 5.11 Å². The molecule has 0 aliphatic heterocycles. The lowest BCUT2D eigenvalue weighted by Gasteiger charge is -2.04. The van der Waals surface area contributed by atoms with Crippen LogP contribution in [0.25, 0.3) is 15.9 Å². The maximum atomic E-state index is 10.00. The van der Waals surface area contributed by atoms with Gasteiger partial charge in [0.15, 0.2) is 5.82 Å². The highest BCUT2D eigenvalue weighted by Gasteiger charge is 2.14. The van der Waals surface area contributed by atoms with Crippen LogP contribution in [0, 0.1) is 0 Å². The van der Waals surface area contributed by atoms with Crippen molar-refractivity contribution in [3.63, 3.8) is 0 Å². The van der Waals surface area contributed by atoms with E-state index in [2.05, 4.69) is 39.0 Å². The number of rotatable bonds is 5. The fourth-order valence-electron chi connectivity index (χ4n) is 3.13. The van der Waals surface area contributed by atoms with Crippen LogP contribution in [0.2, 0.25) is 0 Å². The summed E-state index contributed by atoms with van der Waals surface area (Å²) in [5, 5.41) is 28.1. The van der Waals surface area contributed by atoms with Crippen molar-refractivity contribution in [2.45, 2.75) is 11.4 Å². The lowest BCUT2D eigenvalue weighted by Crippen LogP contribution is -2.04. The maximum absolute atomic E-state index is 10.00. The van der Waals surface area contributed by atoms with Crippen LogP contribution in [0.15, 0.2) is 59.6 Å². The minimum Gasteiger partial charge on any atom is -0.507 e. The molecule has 2 N–H and O–H groups in total. The van der Waals surface area contributed by atoms with Crippen molar-refractivity contribution in [1.82, 2.24) is 24.4 Å². The van der Waals surface area contributed by atoms with E-state index in [-0.39, 0.29) is 5.75 Å². The van der Waals surface area contributed by atoms with Gasteiger partial charge in [0.25, 0.3) is 0 Å². The highest BCUT2D eigenvalue weighted by molar-refractivity contribution is 7.98. The first-order valence-corrected chi connectivity index (χ1v) is 10.6. The van der Waals surface area contributed by atoms with Crippen LogP contribution in [0.3, 0.4) is 0 Å². The molecule has 3 aromatic heterocycles. The van der Waals surface area contributed by atoms with Gasteiger partial charge in [-0.05, 0) is 42.7 Å². The van der Waals surface area contributed by atoms with E-state index < -0.39 is 0 Å². The molecule has 0 saturated heterocycles. The molecular weight excluding hydrogens is 392 g/mol. The van der Waals surface area contributed by atoms with E-state index in [0.29, 0.717) is 6.54 Å². The Labute approximate surface area is 168 Å². The first kappa shape index (κ1) is 17.1. The second-order valence-electron chi connectivity index (χ2n) is 6.23. The van der Waals surface area contributed by atoms with E-state index in [9.17, 15) is 5.11 Å². The molecule has 0 radical (unpaired) electrons. The smallest absolute Gasteiger partial charge is 0.236 e. The molecule has 7 nitrogen and oxygen atoms in total. The van der Waals surface area contributed by atoms with Crippen molar-refractivity contribution in [2.75, 3.05) is 11.6 Å². The van der Waals surface area contributed by atoms with Gasteiger partial charge in [0.05, 0.1) is 12.1 Å². The van der Waals surface area contributed by atoms with Crippen molar-refractivity contribution in [3.8, 4) is 5.75 Å². The monoisotopic (exact) mass is 408 g/mol. The third kappa shape index (κ3) is 2.98. The molecule has 140 valence electrons. The van der Waals surface area contributed by atoms with Crippen LogP contribution in [0.5, 0.6) is 5.75 Å². The van der Waals surface area contributed by atoms with Crippen LogP contribution in [0.4, 0.5) is 10.8 Å². The summed E-state index contributed by atoms with van der Waals surface area (Å²) in [4.78, 5) is 1.93. The number of phenols is 1. The number of nitrogens with zero attached hydrogens (tertiary/aromatic N) is 5. The Kier molecular flexibility index (Phi) is 4.18. The van der Waals surface area contributed by atoms with Crippen molar-refractivity contribution >= 4 is 49.8 Å². The number of aromatic nitrogens is 5. The van der Waals surface area contributed by atoms with Crippen molar-refractivity contribution in [1.29, 1.82) is 0 Å². The topological polar surface area (TPSA) is 80.3 Å². The van der Waals surface area contributed by atoms with E-state index >= 15 is 0 Å². The lowest BCUT2D eigenvalue weighted by atomic mass is 10.2. The van der Waals surface area contributed by atoms with Crippen LogP contribution in [0.1, 0.15) is 5.82 Å². The summed E-state index contributed by atoms with van der Waals surface area (Å²) in [5.74, 6) is 1.01. The molecule has 3 heterocycles. The number of thioether (sulfide) groups is 1. The van der Waals surface area contributed by atoms with Gasteiger partial charge in [-0.2, -0.15) is 4.52 Å². The summed E-state index contributed by atoms with van der Waals surface area (Å²) in [6.07, 6.45) is 3.99. The highest BCUT2D eigenvalue weighted by Crippen LogP contribution is 2.27. The number of benzene rings is 2. The van der Waals surface area contributed by atoms with Crippen LogP contribution < -0.4 is 5.32 Å². The van der Waals surface area contributed by atoms with Crippen molar-refractivity contribution in [3.05, 3.63) is 60.6 Å². The van der Waals surface area contributed by atoms with Gasteiger partial charge in [0, 0.05) is 22.2 Å². The molecule has 0 unspecified atom stereocenters. The van der Waals surface area contributed by atoms with Gasteiger partial charge in [-0.25, -0.2) is 0 Å². The van der Waals surface area contributed by atoms with E-state index in [1.54, 1.807) is 22.3 Å². The predicted octanol–water partition coefficient (Wildman–Crippen LogP) is 4.36. The predicted molar refractivity (Wildman–Crippen MR) is 113 cm³/mol. The summed E-state index contributed by atoms with van der Waals surface area (Å²) in [6.45, 7) is 0.513. The Hall–Kier alpha value is -3.04. The number of anilines is 2. The Bertz CT molecular complexity index is 1290. The molecule has 0 aliphatic rings. The van der Waals surface area contributed by atoms with Gasteiger partial charge in [-0.1, -0.05) is 23.5 Å². The van der Waals surface area contributed by atoms with Gasteiger partial charge < -0.3 is 15.0 Å². The Morgan fingerprint density at radius 1 is 1.14 bits per heavy atom. The fraction of sp³-hybridized carbons (Fsp3) is 0.105. The van der Waals surface area contributed by atoms with Gasteiger partial charge in [-0.3, -0.25) is 0 Å². The minimum absolute atomic E-state index is 0.273. The van der Waals surface area contributed by atoms with E-state index in [1.165, 1.54) is 16.2 Å².